The van der Waals surface area contributed by atoms with Gasteiger partial charge in [-0.15, -0.1) is 0 Å². The van der Waals surface area contributed by atoms with Crippen molar-refractivity contribution in [3.05, 3.63) is 34.9 Å². The van der Waals surface area contributed by atoms with Gasteiger partial charge in [-0.05, 0) is 43.0 Å². The minimum Gasteiger partial charge on any atom is -0.354 e. The minimum atomic E-state index is -0.177. The van der Waals surface area contributed by atoms with E-state index in [4.69, 9.17) is 17.3 Å². The Hall–Kier alpha value is -1.59. The van der Waals surface area contributed by atoms with Gasteiger partial charge in [-0.2, -0.15) is 0 Å². The van der Waals surface area contributed by atoms with Crippen molar-refractivity contribution in [2.45, 2.75) is 31.7 Å². The Morgan fingerprint density at radius 2 is 1.82 bits per heavy atom. The third kappa shape index (κ3) is 5.00. The van der Waals surface area contributed by atoms with Crippen molar-refractivity contribution < 1.29 is 9.59 Å². The predicted octanol–water partition coefficient (Wildman–Crippen LogP) is 1.70. The van der Waals surface area contributed by atoms with E-state index in [0.717, 1.165) is 19.3 Å². The molecule has 2 rings (SSSR count). The van der Waals surface area contributed by atoms with Gasteiger partial charge in [0.15, 0.2) is 0 Å². The summed E-state index contributed by atoms with van der Waals surface area (Å²) in [5, 5.41) is 6.16. The Bertz CT molecular complexity index is 519. The van der Waals surface area contributed by atoms with Gasteiger partial charge in [0, 0.05) is 36.1 Å². The molecule has 0 heterocycles. The van der Waals surface area contributed by atoms with Gasteiger partial charge >= 0.3 is 0 Å². The smallest absolute Gasteiger partial charge is 0.251 e. The lowest BCUT2D eigenvalue weighted by Crippen LogP contribution is -2.36. The van der Waals surface area contributed by atoms with Crippen LogP contribution < -0.4 is 16.4 Å². The highest BCUT2D eigenvalue weighted by atomic mass is 35.5. The second-order valence-corrected chi connectivity index (χ2v) is 6.11. The molecular formula is C16H22ClN3O2. The topological polar surface area (TPSA) is 84.2 Å². The van der Waals surface area contributed by atoms with Gasteiger partial charge in [0.25, 0.3) is 5.91 Å². The Kier molecular flexibility index (Phi) is 6.21. The number of halogens is 1. The lowest BCUT2D eigenvalue weighted by Gasteiger charge is -2.14. The first-order valence-corrected chi connectivity index (χ1v) is 8.00. The Labute approximate surface area is 135 Å². The highest BCUT2D eigenvalue weighted by Crippen LogP contribution is 2.26. The van der Waals surface area contributed by atoms with Crippen LogP contribution >= 0.6 is 11.6 Å². The zero-order valence-electron chi connectivity index (χ0n) is 12.5. The number of carbonyl (C=O) groups is 2. The second kappa shape index (κ2) is 8.15. The number of nitrogens with two attached hydrogens (primary N) is 1. The number of amides is 2. The van der Waals surface area contributed by atoms with Crippen molar-refractivity contribution in [2.75, 3.05) is 13.1 Å². The molecule has 0 bridgehead atoms. The van der Waals surface area contributed by atoms with Gasteiger partial charge in [-0.25, -0.2) is 0 Å². The molecule has 0 aromatic heterocycles. The van der Waals surface area contributed by atoms with Crippen LogP contribution in [0.25, 0.3) is 0 Å². The fourth-order valence-corrected chi connectivity index (χ4v) is 2.84. The molecule has 5 nitrogen and oxygen atoms in total. The van der Waals surface area contributed by atoms with Crippen molar-refractivity contribution >= 4 is 23.4 Å². The quantitative estimate of drug-likeness (QED) is 0.697. The molecule has 120 valence electrons. The van der Waals surface area contributed by atoms with Gasteiger partial charge in [0.2, 0.25) is 5.91 Å². The summed E-state index contributed by atoms with van der Waals surface area (Å²) >= 11 is 5.77. The largest absolute Gasteiger partial charge is 0.354 e. The van der Waals surface area contributed by atoms with E-state index >= 15 is 0 Å². The van der Waals surface area contributed by atoms with E-state index < -0.39 is 0 Å². The van der Waals surface area contributed by atoms with Crippen LogP contribution in [0, 0.1) is 5.92 Å². The van der Waals surface area contributed by atoms with Crippen molar-refractivity contribution in [3.8, 4) is 0 Å². The number of hydrogen-bond acceptors (Lipinski definition) is 3. The Balaban J connectivity index is 1.63. The van der Waals surface area contributed by atoms with Crippen LogP contribution in [0.5, 0.6) is 0 Å². The summed E-state index contributed by atoms with van der Waals surface area (Å²) in [4.78, 5) is 23.6. The lowest BCUT2D eigenvalue weighted by molar-refractivity contribution is -0.122. The standard InChI is InChI=1S/C16H22ClN3O2/c17-13-6-4-11(5-7-13)16(22)20-9-8-19-15(21)10-12-2-1-3-14(12)18/h4-7,12,14H,1-3,8-10,18H2,(H,19,21)(H,20,22)/t12-,14+/m0/s1. The van der Waals surface area contributed by atoms with E-state index in [1.807, 2.05) is 0 Å². The van der Waals surface area contributed by atoms with Crippen molar-refractivity contribution in [1.29, 1.82) is 0 Å². The van der Waals surface area contributed by atoms with E-state index in [0.29, 0.717) is 36.0 Å². The van der Waals surface area contributed by atoms with E-state index in [-0.39, 0.29) is 17.9 Å². The summed E-state index contributed by atoms with van der Waals surface area (Å²) in [6.45, 7) is 0.810. The molecule has 1 saturated carbocycles. The molecule has 0 radical (unpaired) electrons. The monoisotopic (exact) mass is 323 g/mol. The van der Waals surface area contributed by atoms with Gasteiger partial charge in [0.05, 0.1) is 0 Å². The maximum Gasteiger partial charge on any atom is 0.251 e. The van der Waals surface area contributed by atoms with Crippen LogP contribution in [-0.2, 0) is 4.79 Å². The maximum atomic E-state index is 11.8. The summed E-state index contributed by atoms with van der Waals surface area (Å²) in [6, 6.07) is 6.82. The fourth-order valence-electron chi connectivity index (χ4n) is 2.71. The SMILES string of the molecule is N[C@@H]1CCC[C@H]1CC(=O)NCCNC(=O)c1ccc(Cl)cc1. The van der Waals surface area contributed by atoms with Crippen LogP contribution in [0.4, 0.5) is 0 Å². The molecule has 0 saturated heterocycles. The molecule has 22 heavy (non-hydrogen) atoms. The van der Waals surface area contributed by atoms with Crippen LogP contribution in [0.15, 0.2) is 24.3 Å². The zero-order valence-corrected chi connectivity index (χ0v) is 13.2. The van der Waals surface area contributed by atoms with Crippen molar-refractivity contribution in [2.24, 2.45) is 11.7 Å². The molecule has 1 aromatic rings. The van der Waals surface area contributed by atoms with Gasteiger partial charge in [0.1, 0.15) is 0 Å². The molecule has 1 fully saturated rings. The molecule has 1 aliphatic carbocycles. The summed E-state index contributed by atoms with van der Waals surface area (Å²) < 4.78 is 0. The maximum absolute atomic E-state index is 11.8. The fraction of sp³-hybridized carbons (Fsp3) is 0.500. The average Bonchev–Trinajstić information content (AvgIpc) is 2.89. The summed E-state index contributed by atoms with van der Waals surface area (Å²) in [5.41, 5.74) is 6.50. The first kappa shape index (κ1) is 16.8. The first-order chi connectivity index (χ1) is 10.6. The van der Waals surface area contributed by atoms with Crippen molar-refractivity contribution in [1.82, 2.24) is 10.6 Å². The van der Waals surface area contributed by atoms with Crippen LogP contribution in [-0.4, -0.2) is 30.9 Å². The van der Waals surface area contributed by atoms with Crippen LogP contribution in [0.2, 0.25) is 5.02 Å². The third-order valence-corrected chi connectivity index (χ3v) is 4.26. The highest BCUT2D eigenvalue weighted by Gasteiger charge is 2.25. The second-order valence-electron chi connectivity index (χ2n) is 5.67. The van der Waals surface area contributed by atoms with Crippen molar-refractivity contribution in [3.63, 3.8) is 0 Å². The minimum absolute atomic E-state index is 0.00286. The molecule has 2 amide bonds. The summed E-state index contributed by atoms with van der Waals surface area (Å²) in [5.74, 6) is 0.121. The van der Waals surface area contributed by atoms with E-state index in [9.17, 15) is 9.59 Å². The van der Waals surface area contributed by atoms with Crippen LogP contribution in [0.1, 0.15) is 36.0 Å². The number of hydrogen-bond donors (Lipinski definition) is 3. The summed E-state index contributed by atoms with van der Waals surface area (Å²) in [7, 11) is 0. The van der Waals surface area contributed by atoms with Gasteiger partial charge in [-0.1, -0.05) is 18.0 Å². The molecule has 1 aromatic carbocycles. The molecule has 1 aliphatic rings. The predicted molar refractivity (Wildman–Crippen MR) is 86.7 cm³/mol. The van der Waals surface area contributed by atoms with E-state index in [1.54, 1.807) is 24.3 Å². The first-order valence-electron chi connectivity index (χ1n) is 7.62. The number of carbonyl (C=O) groups excluding carboxylic acids is 2. The lowest BCUT2D eigenvalue weighted by atomic mass is 10.00. The molecule has 6 heteroatoms. The third-order valence-electron chi connectivity index (χ3n) is 4.00. The number of nitrogens with one attached hydrogen (secondary N) is 2. The van der Waals surface area contributed by atoms with E-state index in [2.05, 4.69) is 10.6 Å². The number of benzene rings is 1. The number of rotatable bonds is 6. The molecule has 0 spiro atoms. The Morgan fingerprint density at radius 1 is 1.14 bits per heavy atom. The van der Waals surface area contributed by atoms with Gasteiger partial charge < -0.3 is 16.4 Å². The Morgan fingerprint density at radius 3 is 2.45 bits per heavy atom. The average molecular weight is 324 g/mol. The molecule has 0 unspecified atom stereocenters. The molecular weight excluding hydrogens is 302 g/mol. The zero-order chi connectivity index (χ0) is 15.9. The molecule has 2 atom stereocenters. The van der Waals surface area contributed by atoms with E-state index in [1.165, 1.54) is 0 Å². The highest BCUT2D eigenvalue weighted by molar-refractivity contribution is 6.30. The molecule has 4 N–H and O–H groups in total. The van der Waals surface area contributed by atoms with Crippen LogP contribution in [0.3, 0.4) is 0 Å². The van der Waals surface area contributed by atoms with Gasteiger partial charge in [-0.3, -0.25) is 9.59 Å². The molecule has 0 aliphatic heterocycles. The normalized spacial score (nSPS) is 20.6. The summed E-state index contributed by atoms with van der Waals surface area (Å²) in [6.07, 6.45) is 3.62.